The van der Waals surface area contributed by atoms with Gasteiger partial charge in [0.2, 0.25) is 5.91 Å². The second-order valence-corrected chi connectivity index (χ2v) is 9.15. The molecule has 1 aliphatic rings. The first-order valence-corrected chi connectivity index (χ1v) is 11.7. The van der Waals surface area contributed by atoms with Gasteiger partial charge in [-0.1, -0.05) is 60.7 Å². The smallest absolute Gasteiger partial charge is 0.239 e. The molecule has 4 rings (SSSR count). The fourth-order valence-corrected chi connectivity index (χ4v) is 4.84. The Labute approximate surface area is 186 Å². The van der Waals surface area contributed by atoms with Crippen molar-refractivity contribution in [2.75, 3.05) is 19.6 Å². The lowest BCUT2D eigenvalue weighted by molar-refractivity contribution is -0.121. The van der Waals surface area contributed by atoms with E-state index in [1.165, 1.54) is 54.4 Å². The van der Waals surface area contributed by atoms with E-state index in [0.717, 1.165) is 29.9 Å². The molecule has 2 N–H and O–H groups in total. The standard InChI is InChI=1S/C27H35N3O/c1-20-14-21(2)16-25(15-20)24-9-8-23-10-13-30(26(23)17-24)19-27(31)29-12-11-28-18-22-6-4-3-5-7-22/h8-10,13-17,22,28H,3-7,11-12,18-19H2,1-2H3,(H,29,31). The third-order valence-electron chi connectivity index (χ3n) is 6.42. The summed E-state index contributed by atoms with van der Waals surface area (Å²) in [4.78, 5) is 12.5. The highest BCUT2D eigenvalue weighted by Crippen LogP contribution is 2.27. The monoisotopic (exact) mass is 417 g/mol. The Morgan fingerprint density at radius 1 is 0.935 bits per heavy atom. The van der Waals surface area contributed by atoms with Gasteiger partial charge in [0.15, 0.2) is 0 Å². The predicted octanol–water partition coefficient (Wildman–Crippen LogP) is 5.21. The van der Waals surface area contributed by atoms with Gasteiger partial charge in [0.25, 0.3) is 0 Å². The van der Waals surface area contributed by atoms with Gasteiger partial charge in [0.1, 0.15) is 6.54 Å². The van der Waals surface area contributed by atoms with Crippen molar-refractivity contribution in [3.05, 3.63) is 59.8 Å². The average Bonchev–Trinajstić information content (AvgIpc) is 3.15. The van der Waals surface area contributed by atoms with Crippen LogP contribution in [0.5, 0.6) is 0 Å². The average molecular weight is 418 g/mol. The number of amides is 1. The Morgan fingerprint density at radius 2 is 1.71 bits per heavy atom. The summed E-state index contributed by atoms with van der Waals surface area (Å²) in [5, 5.41) is 7.74. The van der Waals surface area contributed by atoms with Crippen molar-refractivity contribution >= 4 is 16.8 Å². The van der Waals surface area contributed by atoms with Gasteiger partial charge in [0, 0.05) is 24.8 Å². The number of rotatable bonds is 8. The van der Waals surface area contributed by atoms with Crippen LogP contribution >= 0.6 is 0 Å². The largest absolute Gasteiger partial charge is 0.353 e. The Bertz CT molecular complexity index is 1010. The van der Waals surface area contributed by atoms with E-state index < -0.39 is 0 Å². The zero-order valence-electron chi connectivity index (χ0n) is 18.9. The van der Waals surface area contributed by atoms with E-state index in [9.17, 15) is 4.79 Å². The van der Waals surface area contributed by atoms with Crippen LogP contribution in [0.1, 0.15) is 43.2 Å². The Morgan fingerprint density at radius 3 is 2.48 bits per heavy atom. The molecular formula is C27H35N3O. The van der Waals surface area contributed by atoms with Crippen molar-refractivity contribution < 1.29 is 4.79 Å². The van der Waals surface area contributed by atoms with E-state index >= 15 is 0 Å². The molecule has 3 aromatic rings. The van der Waals surface area contributed by atoms with Gasteiger partial charge in [0.05, 0.1) is 0 Å². The highest BCUT2D eigenvalue weighted by molar-refractivity contribution is 5.87. The van der Waals surface area contributed by atoms with Gasteiger partial charge < -0.3 is 15.2 Å². The second kappa shape index (κ2) is 10.1. The van der Waals surface area contributed by atoms with Gasteiger partial charge in [-0.25, -0.2) is 0 Å². The number of fused-ring (bicyclic) bond motifs is 1. The summed E-state index contributed by atoms with van der Waals surface area (Å²) < 4.78 is 2.05. The third-order valence-corrected chi connectivity index (χ3v) is 6.42. The molecule has 1 fully saturated rings. The zero-order chi connectivity index (χ0) is 21.6. The molecule has 164 valence electrons. The predicted molar refractivity (Wildman–Crippen MR) is 129 cm³/mol. The number of aromatic nitrogens is 1. The molecule has 31 heavy (non-hydrogen) atoms. The van der Waals surface area contributed by atoms with E-state index in [-0.39, 0.29) is 5.91 Å². The number of benzene rings is 2. The number of hydrogen-bond donors (Lipinski definition) is 2. The zero-order valence-corrected chi connectivity index (χ0v) is 18.9. The molecule has 0 atom stereocenters. The van der Waals surface area contributed by atoms with Crippen molar-refractivity contribution in [1.29, 1.82) is 0 Å². The lowest BCUT2D eigenvalue weighted by Crippen LogP contribution is -2.35. The molecule has 0 aliphatic heterocycles. The van der Waals surface area contributed by atoms with Gasteiger partial charge >= 0.3 is 0 Å². The Kier molecular flexibility index (Phi) is 7.08. The molecule has 0 unspecified atom stereocenters. The molecule has 4 heteroatoms. The lowest BCUT2D eigenvalue weighted by atomic mass is 9.89. The van der Waals surface area contributed by atoms with Gasteiger partial charge in [-0.2, -0.15) is 0 Å². The quantitative estimate of drug-likeness (QED) is 0.494. The minimum absolute atomic E-state index is 0.0637. The topological polar surface area (TPSA) is 46.1 Å². The summed E-state index contributed by atoms with van der Waals surface area (Å²) in [6.07, 6.45) is 8.86. The first-order chi connectivity index (χ1) is 15.1. The molecule has 1 amide bonds. The van der Waals surface area contributed by atoms with Gasteiger partial charge in [-0.3, -0.25) is 4.79 Å². The van der Waals surface area contributed by atoms with Crippen LogP contribution in [0.25, 0.3) is 22.0 Å². The second-order valence-electron chi connectivity index (χ2n) is 9.15. The number of aryl methyl sites for hydroxylation is 2. The van der Waals surface area contributed by atoms with Gasteiger partial charge in [-0.05, 0) is 67.8 Å². The molecule has 0 spiro atoms. The lowest BCUT2D eigenvalue weighted by Gasteiger charge is -2.21. The van der Waals surface area contributed by atoms with Crippen LogP contribution in [0, 0.1) is 19.8 Å². The number of carbonyl (C=O) groups is 1. The number of carbonyl (C=O) groups excluding carboxylic acids is 1. The summed E-state index contributed by atoms with van der Waals surface area (Å²) in [5.74, 6) is 0.885. The maximum Gasteiger partial charge on any atom is 0.239 e. The molecule has 0 radical (unpaired) electrons. The van der Waals surface area contributed by atoms with Crippen molar-refractivity contribution in [2.24, 2.45) is 5.92 Å². The molecular weight excluding hydrogens is 382 g/mol. The molecule has 4 nitrogen and oxygen atoms in total. The summed E-state index contributed by atoms with van der Waals surface area (Å²) in [6.45, 7) is 7.21. The minimum Gasteiger partial charge on any atom is -0.353 e. The minimum atomic E-state index is 0.0637. The van der Waals surface area contributed by atoms with Crippen molar-refractivity contribution in [3.63, 3.8) is 0 Å². The van der Waals surface area contributed by atoms with Crippen LogP contribution in [0.2, 0.25) is 0 Å². The highest BCUT2D eigenvalue weighted by Gasteiger charge is 2.12. The molecule has 1 aliphatic carbocycles. The number of nitrogens with one attached hydrogen (secondary N) is 2. The summed E-state index contributed by atoms with van der Waals surface area (Å²) in [5.41, 5.74) is 6.04. The maximum atomic E-state index is 12.5. The molecule has 1 heterocycles. The van der Waals surface area contributed by atoms with Crippen LogP contribution in [-0.4, -0.2) is 30.1 Å². The van der Waals surface area contributed by atoms with E-state index in [1.54, 1.807) is 0 Å². The van der Waals surface area contributed by atoms with Crippen LogP contribution in [0.15, 0.2) is 48.7 Å². The van der Waals surface area contributed by atoms with Crippen LogP contribution in [0.3, 0.4) is 0 Å². The van der Waals surface area contributed by atoms with Crippen molar-refractivity contribution in [2.45, 2.75) is 52.5 Å². The van der Waals surface area contributed by atoms with Crippen molar-refractivity contribution in [3.8, 4) is 11.1 Å². The number of nitrogens with zero attached hydrogens (tertiary/aromatic N) is 1. The van der Waals surface area contributed by atoms with E-state index in [0.29, 0.717) is 13.1 Å². The van der Waals surface area contributed by atoms with Crippen LogP contribution in [0.4, 0.5) is 0 Å². The van der Waals surface area contributed by atoms with E-state index in [2.05, 4.69) is 66.9 Å². The molecule has 0 saturated heterocycles. The highest BCUT2D eigenvalue weighted by atomic mass is 16.1. The SMILES string of the molecule is Cc1cc(C)cc(-c2ccc3ccn(CC(=O)NCCNCC4CCCCC4)c3c2)c1. The fraction of sp³-hybridized carbons (Fsp3) is 0.444. The summed E-state index contributed by atoms with van der Waals surface area (Å²) in [6, 6.07) is 15.2. The van der Waals surface area contributed by atoms with Crippen LogP contribution < -0.4 is 10.6 Å². The molecule has 2 aromatic carbocycles. The summed E-state index contributed by atoms with van der Waals surface area (Å²) >= 11 is 0. The number of hydrogen-bond acceptors (Lipinski definition) is 2. The first kappa shape index (κ1) is 21.6. The first-order valence-electron chi connectivity index (χ1n) is 11.7. The Balaban J connectivity index is 1.33. The van der Waals surface area contributed by atoms with Crippen LogP contribution in [-0.2, 0) is 11.3 Å². The fourth-order valence-electron chi connectivity index (χ4n) is 4.84. The van der Waals surface area contributed by atoms with E-state index in [4.69, 9.17) is 0 Å². The van der Waals surface area contributed by atoms with Gasteiger partial charge in [-0.15, -0.1) is 0 Å². The third kappa shape index (κ3) is 5.76. The van der Waals surface area contributed by atoms with Crippen molar-refractivity contribution in [1.82, 2.24) is 15.2 Å². The summed E-state index contributed by atoms with van der Waals surface area (Å²) in [7, 11) is 0. The molecule has 0 bridgehead atoms. The van der Waals surface area contributed by atoms with E-state index in [1.807, 2.05) is 10.8 Å². The molecule has 1 saturated carbocycles. The molecule has 1 aromatic heterocycles. The normalized spacial score (nSPS) is 14.8. The maximum absolute atomic E-state index is 12.5. The Hall–Kier alpha value is -2.59.